The number of hydrogen-bond donors (Lipinski definition) is 4. The molecule has 5 N–H and O–H groups in total. The number of benzene rings is 2. The van der Waals surface area contributed by atoms with Crippen molar-refractivity contribution in [1.29, 1.82) is 0 Å². The van der Waals surface area contributed by atoms with Crippen LogP contribution in [-0.2, 0) is 55.4 Å². The molecule has 2 fully saturated rings. The zero-order chi connectivity index (χ0) is 49.3. The average molecular weight is 940 g/mol. The van der Waals surface area contributed by atoms with Crippen LogP contribution in [0.5, 0.6) is 0 Å². The smallest absolute Gasteiger partial charge is 0.264 e. The Balaban J connectivity index is 1.51. The van der Waals surface area contributed by atoms with E-state index in [4.69, 9.17) is 15.2 Å². The summed E-state index contributed by atoms with van der Waals surface area (Å²) < 4.78 is 41.1. The van der Waals surface area contributed by atoms with Gasteiger partial charge in [0.25, 0.3) is 15.9 Å². The van der Waals surface area contributed by atoms with Gasteiger partial charge in [0.2, 0.25) is 23.6 Å². The maximum Gasteiger partial charge on any atom is 0.264 e. The van der Waals surface area contributed by atoms with Gasteiger partial charge < -0.3 is 35.6 Å². The molecule has 1 aliphatic heterocycles. The van der Waals surface area contributed by atoms with E-state index in [2.05, 4.69) is 15.4 Å². The monoisotopic (exact) mass is 940 g/mol. The second-order valence-corrected chi connectivity index (χ2v) is 21.1. The fourth-order valence-electron chi connectivity index (χ4n) is 9.43. The Kier molecular flexibility index (Phi) is 19.3. The van der Waals surface area contributed by atoms with Crippen molar-refractivity contribution in [3.8, 4) is 0 Å². The number of rotatable bonds is 24. The van der Waals surface area contributed by atoms with Crippen molar-refractivity contribution in [2.24, 2.45) is 29.4 Å². The highest BCUT2D eigenvalue weighted by atomic mass is 32.2. The number of likely N-dealkylation sites (N-methyl/N-ethyl adjacent to an activating group) is 2. The lowest BCUT2D eigenvalue weighted by Crippen LogP contribution is -2.59. The summed E-state index contributed by atoms with van der Waals surface area (Å²) in [5.41, 5.74) is 7.34. The molecular formula is C49H77N7O9S. The van der Waals surface area contributed by atoms with Gasteiger partial charge in [-0.25, -0.2) is 13.1 Å². The first-order chi connectivity index (χ1) is 31.0. The molecule has 2 aliphatic rings. The van der Waals surface area contributed by atoms with E-state index < -0.39 is 75.7 Å². The zero-order valence-electron chi connectivity index (χ0n) is 41.2. The molecule has 1 unspecified atom stereocenters. The summed E-state index contributed by atoms with van der Waals surface area (Å²) in [6.07, 6.45) is 1.95. The highest BCUT2D eigenvalue weighted by molar-refractivity contribution is 7.90. The number of ether oxygens (including phenoxy) is 2. The molecule has 0 radical (unpaired) electrons. The molecule has 9 atom stereocenters. The molecule has 1 aliphatic carbocycles. The Morgan fingerprint density at radius 2 is 1.47 bits per heavy atom. The molecule has 1 saturated carbocycles. The van der Waals surface area contributed by atoms with E-state index in [-0.39, 0.29) is 53.2 Å². The summed E-state index contributed by atoms with van der Waals surface area (Å²) in [5.74, 6) is -3.38. The number of hydrogen-bond acceptors (Lipinski definition) is 11. The number of nitrogens with two attached hydrogens (primary N) is 1. The van der Waals surface area contributed by atoms with Crippen LogP contribution < -0.4 is 21.1 Å². The number of methoxy groups -OCH3 is 2. The summed E-state index contributed by atoms with van der Waals surface area (Å²) >= 11 is 0. The van der Waals surface area contributed by atoms with Crippen molar-refractivity contribution >= 4 is 39.6 Å². The van der Waals surface area contributed by atoms with Gasteiger partial charge in [-0.1, -0.05) is 97.4 Å². The van der Waals surface area contributed by atoms with Gasteiger partial charge in [0.15, 0.2) is 0 Å². The predicted octanol–water partition coefficient (Wildman–Crippen LogP) is 3.81. The maximum absolute atomic E-state index is 14.4. The van der Waals surface area contributed by atoms with E-state index in [1.807, 2.05) is 66.6 Å². The minimum Gasteiger partial charge on any atom is -0.379 e. The number of sulfonamides is 1. The van der Waals surface area contributed by atoms with E-state index in [0.29, 0.717) is 31.4 Å². The molecule has 0 aromatic heterocycles. The molecule has 2 aromatic rings. The van der Waals surface area contributed by atoms with Crippen molar-refractivity contribution in [2.45, 2.75) is 146 Å². The molecule has 66 heavy (non-hydrogen) atoms. The van der Waals surface area contributed by atoms with Gasteiger partial charge in [-0.3, -0.25) is 28.9 Å². The third kappa shape index (κ3) is 13.4. The van der Waals surface area contributed by atoms with Crippen molar-refractivity contribution < 1.29 is 41.9 Å². The Morgan fingerprint density at radius 3 is 1.98 bits per heavy atom. The Morgan fingerprint density at radius 1 is 0.848 bits per heavy atom. The predicted molar refractivity (Wildman–Crippen MR) is 254 cm³/mol. The van der Waals surface area contributed by atoms with Crippen LogP contribution in [-0.4, -0.2) is 137 Å². The quantitative estimate of drug-likeness (QED) is 0.119. The number of amides is 5. The minimum absolute atomic E-state index is 0.00646. The van der Waals surface area contributed by atoms with E-state index >= 15 is 0 Å². The molecule has 0 spiro atoms. The number of nitrogens with zero attached hydrogens (tertiary/aromatic N) is 3. The summed E-state index contributed by atoms with van der Waals surface area (Å²) in [6, 6.07) is 11.5. The summed E-state index contributed by atoms with van der Waals surface area (Å²) in [4.78, 5) is 75.4. The molecule has 1 saturated heterocycles. The molecule has 368 valence electrons. The van der Waals surface area contributed by atoms with Gasteiger partial charge in [0.1, 0.15) is 12.1 Å². The SMILES string of the molecule is CC[C@H](C)[C@@H]([C@@H](CC(=O)N1CCC[C@H]1[C@H](OC)[C@@H](C)C(=O)N[C@@H](Cc1ccccc1)C(=O)NS(=O)(=O)c1ccc(C2(N)CC2)cc1)OC)N(C)C(=O)[C@@H](NC(=O)C(C(C)C)N(C)C)C(C)C. The standard InChI is InChI=1S/C49H77N7O9S/c1-13-32(6)43(55(10)48(61)41(30(2)3)52-47(60)42(31(4)5)54(8)9)39(64-11)29-40(57)56-27-17-20-38(56)44(65-12)33(7)45(58)51-37(28-34-18-15-14-16-19-34)46(59)53-66(62,63)36-23-21-35(22-24-36)49(50)25-26-49/h14-16,18-19,21-24,30-33,37-39,41-44H,13,17,20,25-29,50H2,1-12H3,(H,51,58)(H,52,60)(H,53,59)/t32-,33+,37-,38-,39+,41-,42?,43-,44+/m0/s1. The third-order valence-corrected chi connectivity index (χ3v) is 15.0. The van der Waals surface area contributed by atoms with Crippen LogP contribution in [0.25, 0.3) is 0 Å². The fourth-order valence-corrected chi connectivity index (χ4v) is 10.4. The lowest BCUT2D eigenvalue weighted by molar-refractivity contribution is -0.148. The molecule has 4 rings (SSSR count). The Labute approximate surface area is 393 Å². The first-order valence-electron chi connectivity index (χ1n) is 23.4. The molecule has 2 aromatic carbocycles. The highest BCUT2D eigenvalue weighted by Crippen LogP contribution is 2.42. The van der Waals surface area contributed by atoms with Crippen LogP contribution >= 0.6 is 0 Å². The first-order valence-corrected chi connectivity index (χ1v) is 24.9. The fraction of sp³-hybridized carbons (Fsp3) is 0.653. The van der Waals surface area contributed by atoms with E-state index in [9.17, 15) is 32.4 Å². The van der Waals surface area contributed by atoms with Crippen LogP contribution in [0, 0.1) is 23.7 Å². The summed E-state index contributed by atoms with van der Waals surface area (Å²) in [5, 5.41) is 5.83. The molecule has 0 bridgehead atoms. The lowest BCUT2D eigenvalue weighted by Gasteiger charge is -2.41. The summed E-state index contributed by atoms with van der Waals surface area (Å²) in [7, 11) is 4.06. The van der Waals surface area contributed by atoms with Gasteiger partial charge in [-0.05, 0) is 80.8 Å². The van der Waals surface area contributed by atoms with Crippen molar-refractivity contribution in [3.05, 3.63) is 65.7 Å². The van der Waals surface area contributed by atoms with Crippen LogP contribution in [0.4, 0.5) is 0 Å². The van der Waals surface area contributed by atoms with Crippen LogP contribution in [0.15, 0.2) is 59.5 Å². The summed E-state index contributed by atoms with van der Waals surface area (Å²) in [6.45, 7) is 13.8. The number of carbonyl (C=O) groups is 5. The number of likely N-dealkylation sites (tertiary alicyclic amines) is 1. The van der Waals surface area contributed by atoms with Crippen molar-refractivity contribution in [1.82, 2.24) is 30.1 Å². The van der Waals surface area contributed by atoms with E-state index in [1.165, 1.54) is 26.4 Å². The first kappa shape index (κ1) is 54.2. The second-order valence-electron chi connectivity index (χ2n) is 19.4. The lowest BCUT2D eigenvalue weighted by atomic mass is 9.89. The Bertz CT molecular complexity index is 2060. The average Bonchev–Trinajstić information content (AvgIpc) is 3.84. The zero-order valence-corrected chi connectivity index (χ0v) is 42.0. The molecule has 16 nitrogen and oxygen atoms in total. The van der Waals surface area contributed by atoms with E-state index in [0.717, 1.165) is 18.4 Å². The number of carbonyl (C=O) groups excluding carboxylic acids is 5. The second kappa shape index (κ2) is 23.5. The van der Waals surface area contributed by atoms with Crippen LogP contribution in [0.1, 0.15) is 98.1 Å². The minimum atomic E-state index is -4.31. The highest BCUT2D eigenvalue weighted by Gasteiger charge is 2.44. The number of nitrogens with one attached hydrogen (secondary N) is 3. The maximum atomic E-state index is 14.4. The molecule has 1 heterocycles. The molecule has 5 amide bonds. The topological polar surface area (TPSA) is 210 Å². The third-order valence-electron chi connectivity index (χ3n) is 13.6. The van der Waals surface area contributed by atoms with Gasteiger partial charge in [0, 0.05) is 39.8 Å². The molecular weight excluding hydrogens is 863 g/mol. The van der Waals surface area contributed by atoms with Gasteiger partial charge in [0.05, 0.1) is 47.6 Å². The van der Waals surface area contributed by atoms with E-state index in [1.54, 1.807) is 60.2 Å². The van der Waals surface area contributed by atoms with Crippen LogP contribution in [0.2, 0.25) is 0 Å². The van der Waals surface area contributed by atoms with Gasteiger partial charge in [-0.15, -0.1) is 0 Å². The van der Waals surface area contributed by atoms with Crippen LogP contribution in [0.3, 0.4) is 0 Å². The Hall–Kier alpha value is -4.42. The normalized spacial score (nSPS) is 19.6. The van der Waals surface area contributed by atoms with Gasteiger partial charge in [-0.2, -0.15) is 0 Å². The largest absolute Gasteiger partial charge is 0.379 e. The van der Waals surface area contributed by atoms with Crippen molar-refractivity contribution in [2.75, 3.05) is 41.9 Å². The van der Waals surface area contributed by atoms with Crippen molar-refractivity contribution in [3.63, 3.8) is 0 Å². The molecule has 17 heteroatoms. The van der Waals surface area contributed by atoms with Gasteiger partial charge >= 0.3 is 0 Å².